The second-order valence-electron chi connectivity index (χ2n) is 6.08. The summed E-state index contributed by atoms with van der Waals surface area (Å²) in [6.45, 7) is 3.12. The maximum Gasteiger partial charge on any atom is 0.277 e. The molecule has 7 nitrogen and oxygen atoms in total. The van der Waals surface area contributed by atoms with Gasteiger partial charge in [-0.2, -0.15) is 5.10 Å². The lowest BCUT2D eigenvalue weighted by atomic mass is 10.3. The van der Waals surface area contributed by atoms with E-state index in [1.807, 2.05) is 18.2 Å². The summed E-state index contributed by atoms with van der Waals surface area (Å²) in [5.41, 5.74) is 2.10. The van der Waals surface area contributed by atoms with E-state index in [-0.39, 0.29) is 5.91 Å². The Morgan fingerprint density at radius 2 is 1.96 bits per heavy atom. The summed E-state index contributed by atoms with van der Waals surface area (Å²) in [7, 11) is 0. The quantitative estimate of drug-likeness (QED) is 0.749. The van der Waals surface area contributed by atoms with E-state index in [0.717, 1.165) is 24.5 Å². The Morgan fingerprint density at radius 1 is 1.11 bits per heavy atom. The molecule has 0 unspecified atom stereocenters. The van der Waals surface area contributed by atoms with Crippen molar-refractivity contribution in [3.63, 3.8) is 0 Å². The summed E-state index contributed by atoms with van der Waals surface area (Å²) in [6, 6.07) is 12.6. The molecule has 1 saturated heterocycles. The van der Waals surface area contributed by atoms with Crippen LogP contribution in [-0.2, 0) is 4.74 Å². The number of halogens is 1. The minimum atomic E-state index is -0.317. The Kier molecular flexibility index (Phi) is 5.04. The molecule has 1 aromatic carbocycles. The lowest BCUT2D eigenvalue weighted by Gasteiger charge is -2.28. The fourth-order valence-corrected chi connectivity index (χ4v) is 3.04. The first-order valence-corrected chi connectivity index (χ1v) is 8.98. The van der Waals surface area contributed by atoms with E-state index in [0.29, 0.717) is 29.7 Å². The number of hydrogen-bond donors (Lipinski definition) is 1. The van der Waals surface area contributed by atoms with Crippen LogP contribution in [-0.4, -0.2) is 47.0 Å². The van der Waals surface area contributed by atoms with Crippen LogP contribution in [0.15, 0.2) is 54.9 Å². The maximum atomic E-state index is 12.4. The average molecular weight is 384 g/mol. The van der Waals surface area contributed by atoms with E-state index < -0.39 is 0 Å². The second kappa shape index (κ2) is 7.77. The van der Waals surface area contributed by atoms with E-state index in [9.17, 15) is 4.79 Å². The van der Waals surface area contributed by atoms with Crippen molar-refractivity contribution < 1.29 is 9.53 Å². The van der Waals surface area contributed by atoms with Crippen molar-refractivity contribution in [2.75, 3.05) is 36.5 Å². The third-order valence-electron chi connectivity index (χ3n) is 4.26. The molecule has 3 heterocycles. The number of hydrogen-bond acceptors (Lipinski definition) is 5. The molecule has 27 heavy (non-hydrogen) atoms. The summed E-state index contributed by atoms with van der Waals surface area (Å²) in [4.78, 5) is 19.0. The van der Waals surface area contributed by atoms with Gasteiger partial charge in [-0.05, 0) is 36.4 Å². The van der Waals surface area contributed by atoms with Crippen molar-refractivity contribution in [1.82, 2.24) is 14.8 Å². The van der Waals surface area contributed by atoms with Crippen molar-refractivity contribution >= 4 is 29.0 Å². The number of carbonyl (C=O) groups is 1. The van der Waals surface area contributed by atoms with Gasteiger partial charge in [0.2, 0.25) is 0 Å². The number of aromatic nitrogens is 3. The Balaban J connectivity index is 1.43. The molecule has 0 spiro atoms. The highest BCUT2D eigenvalue weighted by Gasteiger charge is 2.14. The third-order valence-corrected chi connectivity index (χ3v) is 4.50. The lowest BCUT2D eigenvalue weighted by Crippen LogP contribution is -2.36. The standard InChI is InChI=1S/C19H18ClN5O2/c20-14-2-1-3-15(12-14)25-7-6-17(23-25)19(26)22-18-5-4-16(13-21-18)24-8-10-27-11-9-24/h1-7,12-13H,8-11H2,(H,21,22,26). The van der Waals surface area contributed by atoms with Crippen molar-refractivity contribution in [2.45, 2.75) is 0 Å². The highest BCUT2D eigenvalue weighted by atomic mass is 35.5. The molecule has 4 rings (SSSR count). The SMILES string of the molecule is O=C(Nc1ccc(N2CCOCC2)cn1)c1ccn(-c2cccc(Cl)c2)n1. The Labute approximate surface area is 161 Å². The van der Waals surface area contributed by atoms with E-state index in [2.05, 4.69) is 20.3 Å². The van der Waals surface area contributed by atoms with E-state index in [1.54, 1.807) is 41.3 Å². The van der Waals surface area contributed by atoms with Gasteiger partial charge in [0.15, 0.2) is 5.69 Å². The Morgan fingerprint density at radius 3 is 2.70 bits per heavy atom. The molecule has 0 bridgehead atoms. The zero-order valence-electron chi connectivity index (χ0n) is 14.5. The van der Waals surface area contributed by atoms with Crippen molar-refractivity contribution in [3.05, 3.63) is 65.6 Å². The summed E-state index contributed by atoms with van der Waals surface area (Å²) >= 11 is 6.00. The minimum absolute atomic E-state index is 0.300. The number of ether oxygens (including phenoxy) is 1. The number of nitrogens with zero attached hydrogens (tertiary/aromatic N) is 4. The van der Waals surface area contributed by atoms with E-state index >= 15 is 0 Å². The summed E-state index contributed by atoms with van der Waals surface area (Å²) in [5, 5.41) is 7.68. The van der Waals surface area contributed by atoms with Crippen LogP contribution in [0.1, 0.15) is 10.5 Å². The van der Waals surface area contributed by atoms with Gasteiger partial charge in [0.1, 0.15) is 5.82 Å². The number of anilines is 2. The molecule has 8 heteroatoms. The minimum Gasteiger partial charge on any atom is -0.378 e. The largest absolute Gasteiger partial charge is 0.378 e. The molecule has 3 aromatic rings. The van der Waals surface area contributed by atoms with Gasteiger partial charge < -0.3 is 15.0 Å². The molecule has 0 atom stereocenters. The predicted molar refractivity (Wildman–Crippen MR) is 104 cm³/mol. The van der Waals surface area contributed by atoms with Gasteiger partial charge in [-0.25, -0.2) is 9.67 Å². The lowest BCUT2D eigenvalue weighted by molar-refractivity contribution is 0.102. The summed E-state index contributed by atoms with van der Waals surface area (Å²) < 4.78 is 6.96. The molecular weight excluding hydrogens is 366 g/mol. The smallest absolute Gasteiger partial charge is 0.277 e. The normalized spacial score (nSPS) is 14.2. The molecule has 0 aliphatic carbocycles. The van der Waals surface area contributed by atoms with Crippen LogP contribution in [0.3, 0.4) is 0 Å². The number of rotatable bonds is 4. The zero-order valence-corrected chi connectivity index (χ0v) is 15.3. The average Bonchev–Trinajstić information content (AvgIpc) is 3.20. The molecule has 138 valence electrons. The number of benzene rings is 1. The van der Waals surface area contributed by atoms with Crippen LogP contribution >= 0.6 is 11.6 Å². The number of pyridine rings is 1. The highest BCUT2D eigenvalue weighted by Crippen LogP contribution is 2.17. The van der Waals surface area contributed by atoms with Crippen LogP contribution in [0.5, 0.6) is 0 Å². The highest BCUT2D eigenvalue weighted by molar-refractivity contribution is 6.30. The maximum absolute atomic E-state index is 12.4. The molecule has 1 aliphatic rings. The van der Waals surface area contributed by atoms with Gasteiger partial charge in [0.25, 0.3) is 5.91 Å². The van der Waals surface area contributed by atoms with Crippen LogP contribution in [0.4, 0.5) is 11.5 Å². The topological polar surface area (TPSA) is 72.3 Å². The fraction of sp³-hybridized carbons (Fsp3) is 0.211. The molecule has 1 amide bonds. The molecule has 1 fully saturated rings. The van der Waals surface area contributed by atoms with Gasteiger partial charge in [-0.3, -0.25) is 4.79 Å². The molecule has 0 saturated carbocycles. The monoisotopic (exact) mass is 383 g/mol. The first kappa shape index (κ1) is 17.5. The number of carbonyl (C=O) groups excluding carboxylic acids is 1. The number of morpholine rings is 1. The molecule has 1 aliphatic heterocycles. The predicted octanol–water partition coefficient (Wildman–Crippen LogP) is 3.01. The summed E-state index contributed by atoms with van der Waals surface area (Å²) in [5.74, 6) is 0.164. The molecule has 0 radical (unpaired) electrons. The molecular formula is C19H18ClN5O2. The second-order valence-corrected chi connectivity index (χ2v) is 6.52. The van der Waals surface area contributed by atoms with Crippen molar-refractivity contribution in [2.24, 2.45) is 0 Å². The first-order chi connectivity index (χ1) is 13.2. The molecule has 2 aromatic heterocycles. The van der Waals surface area contributed by atoms with Crippen LogP contribution in [0.25, 0.3) is 5.69 Å². The van der Waals surface area contributed by atoms with Gasteiger partial charge in [0, 0.05) is 24.3 Å². The van der Waals surface area contributed by atoms with Crippen LogP contribution in [0.2, 0.25) is 5.02 Å². The summed E-state index contributed by atoms with van der Waals surface area (Å²) in [6.07, 6.45) is 3.47. The molecule has 1 N–H and O–H groups in total. The van der Waals surface area contributed by atoms with E-state index in [1.165, 1.54) is 0 Å². The number of nitrogens with one attached hydrogen (secondary N) is 1. The van der Waals surface area contributed by atoms with Gasteiger partial charge in [0.05, 0.1) is 30.8 Å². The van der Waals surface area contributed by atoms with Crippen molar-refractivity contribution in [3.8, 4) is 5.69 Å². The Bertz CT molecular complexity index is 935. The van der Waals surface area contributed by atoms with Crippen LogP contribution in [0, 0.1) is 0 Å². The third kappa shape index (κ3) is 4.10. The zero-order chi connectivity index (χ0) is 18.6. The van der Waals surface area contributed by atoms with Gasteiger partial charge in [-0.15, -0.1) is 0 Å². The first-order valence-electron chi connectivity index (χ1n) is 8.61. The number of amides is 1. The Hall–Kier alpha value is -2.90. The van der Waals surface area contributed by atoms with Crippen LogP contribution < -0.4 is 10.2 Å². The van der Waals surface area contributed by atoms with Gasteiger partial charge >= 0.3 is 0 Å². The van der Waals surface area contributed by atoms with Crippen molar-refractivity contribution in [1.29, 1.82) is 0 Å². The van der Waals surface area contributed by atoms with E-state index in [4.69, 9.17) is 16.3 Å². The fourth-order valence-electron chi connectivity index (χ4n) is 2.86. The van der Waals surface area contributed by atoms with Gasteiger partial charge in [-0.1, -0.05) is 17.7 Å².